The standard InChI is InChI=1S/C25H26O10/c1-25(24(28)30-3)31-14-17(35-25)18-19(32-21(26)15-10-6-4-7-11-15)20(23(29-2)34-18)33-22(27)16-12-8-5-9-13-16/h4-13,17-20,23H,14H2,1-3H3/t17-,18+,19+,20-,23-,25?/m1/s1. The van der Waals surface area contributed by atoms with E-state index in [1.807, 2.05) is 0 Å². The molecule has 0 radical (unpaired) electrons. The van der Waals surface area contributed by atoms with Crippen LogP contribution in [0.5, 0.6) is 0 Å². The van der Waals surface area contributed by atoms with Gasteiger partial charge in [0.15, 0.2) is 18.5 Å². The van der Waals surface area contributed by atoms with Gasteiger partial charge in [-0.05, 0) is 24.3 Å². The third-order valence-electron chi connectivity index (χ3n) is 5.77. The van der Waals surface area contributed by atoms with Gasteiger partial charge in [-0.2, -0.15) is 0 Å². The minimum Gasteiger partial charge on any atom is -0.465 e. The molecule has 2 heterocycles. The summed E-state index contributed by atoms with van der Waals surface area (Å²) >= 11 is 0. The van der Waals surface area contributed by atoms with Crippen LogP contribution >= 0.6 is 0 Å². The number of esters is 3. The van der Waals surface area contributed by atoms with Crippen LogP contribution in [0.15, 0.2) is 60.7 Å². The molecule has 0 amide bonds. The lowest BCUT2D eigenvalue weighted by Crippen LogP contribution is -2.46. The average Bonchev–Trinajstić information content (AvgIpc) is 3.45. The number of hydrogen-bond donors (Lipinski definition) is 0. The molecule has 6 atom stereocenters. The first-order chi connectivity index (χ1) is 16.9. The highest BCUT2D eigenvalue weighted by Gasteiger charge is 2.57. The molecule has 10 nitrogen and oxygen atoms in total. The van der Waals surface area contributed by atoms with Crippen molar-refractivity contribution < 1.29 is 47.5 Å². The Balaban J connectivity index is 1.61. The Kier molecular flexibility index (Phi) is 7.46. The Hall–Kier alpha value is -3.31. The normalized spacial score (nSPS) is 30.0. The number of carbonyl (C=O) groups excluding carboxylic acids is 3. The summed E-state index contributed by atoms with van der Waals surface area (Å²) in [6, 6.07) is 16.7. The first kappa shape index (κ1) is 24.8. The Morgan fingerprint density at radius 1 is 0.857 bits per heavy atom. The SMILES string of the molecule is COC(=O)C1(C)OC[C@H]([C@@H]2O[C@@H](OC)[C@H](OC(=O)c3ccccc3)[C@H]2OC(=O)c2ccccc2)O1. The van der Waals surface area contributed by atoms with E-state index in [9.17, 15) is 14.4 Å². The quantitative estimate of drug-likeness (QED) is 0.426. The van der Waals surface area contributed by atoms with Gasteiger partial charge in [0, 0.05) is 14.0 Å². The predicted octanol–water partition coefficient (Wildman–Crippen LogP) is 2.11. The molecular weight excluding hydrogens is 460 g/mol. The molecule has 0 saturated carbocycles. The summed E-state index contributed by atoms with van der Waals surface area (Å²) in [6.07, 6.45) is -5.17. The maximum atomic E-state index is 12.9. The molecule has 1 unspecified atom stereocenters. The zero-order valence-electron chi connectivity index (χ0n) is 19.4. The van der Waals surface area contributed by atoms with Crippen molar-refractivity contribution in [1.29, 1.82) is 0 Å². The van der Waals surface area contributed by atoms with Crippen LogP contribution in [-0.2, 0) is 38.0 Å². The Morgan fingerprint density at radius 3 is 1.91 bits per heavy atom. The smallest absolute Gasteiger partial charge is 0.366 e. The maximum absolute atomic E-state index is 12.9. The molecule has 2 aromatic carbocycles. The highest BCUT2D eigenvalue weighted by molar-refractivity contribution is 5.90. The summed E-state index contributed by atoms with van der Waals surface area (Å²) in [5, 5.41) is 0. The second kappa shape index (κ2) is 10.5. The minimum atomic E-state index is -1.67. The number of rotatable bonds is 7. The van der Waals surface area contributed by atoms with E-state index in [4.69, 9.17) is 33.2 Å². The van der Waals surface area contributed by atoms with Crippen molar-refractivity contribution >= 4 is 17.9 Å². The van der Waals surface area contributed by atoms with Gasteiger partial charge < -0.3 is 33.2 Å². The van der Waals surface area contributed by atoms with Gasteiger partial charge in [0.1, 0.15) is 12.2 Å². The lowest BCUT2D eigenvalue weighted by Gasteiger charge is -2.26. The lowest BCUT2D eigenvalue weighted by atomic mass is 10.1. The number of benzene rings is 2. The van der Waals surface area contributed by atoms with Gasteiger partial charge in [-0.1, -0.05) is 36.4 Å². The molecule has 10 heteroatoms. The number of ether oxygens (including phenoxy) is 7. The summed E-state index contributed by atoms with van der Waals surface area (Å²) in [5.74, 6) is -3.70. The van der Waals surface area contributed by atoms with Crippen molar-refractivity contribution in [2.24, 2.45) is 0 Å². The zero-order valence-corrected chi connectivity index (χ0v) is 19.4. The van der Waals surface area contributed by atoms with Crippen LogP contribution in [0.4, 0.5) is 0 Å². The van der Waals surface area contributed by atoms with E-state index in [0.717, 1.165) is 0 Å². The van der Waals surface area contributed by atoms with Crippen LogP contribution in [0.2, 0.25) is 0 Å². The maximum Gasteiger partial charge on any atom is 0.366 e. The zero-order chi connectivity index (χ0) is 25.0. The van der Waals surface area contributed by atoms with Crippen molar-refractivity contribution in [2.75, 3.05) is 20.8 Å². The molecule has 0 aliphatic carbocycles. The van der Waals surface area contributed by atoms with E-state index >= 15 is 0 Å². The van der Waals surface area contributed by atoms with Crippen molar-refractivity contribution in [3.05, 3.63) is 71.8 Å². The number of carbonyl (C=O) groups is 3. The van der Waals surface area contributed by atoms with Gasteiger partial charge in [0.2, 0.25) is 0 Å². The molecule has 0 N–H and O–H groups in total. The summed E-state index contributed by atoms with van der Waals surface area (Å²) < 4.78 is 39.0. The molecule has 2 saturated heterocycles. The molecule has 0 spiro atoms. The summed E-state index contributed by atoms with van der Waals surface area (Å²) in [7, 11) is 2.58. The monoisotopic (exact) mass is 486 g/mol. The van der Waals surface area contributed by atoms with Gasteiger partial charge in [-0.3, -0.25) is 0 Å². The Morgan fingerprint density at radius 2 is 1.40 bits per heavy atom. The molecule has 186 valence electrons. The largest absolute Gasteiger partial charge is 0.465 e. The van der Waals surface area contributed by atoms with Crippen molar-refractivity contribution in [2.45, 2.75) is 43.4 Å². The summed E-state index contributed by atoms with van der Waals surface area (Å²) in [5.41, 5.74) is 0.598. The van der Waals surface area contributed by atoms with E-state index in [0.29, 0.717) is 11.1 Å². The van der Waals surface area contributed by atoms with Crippen LogP contribution in [-0.4, -0.2) is 75.2 Å². The van der Waals surface area contributed by atoms with E-state index in [1.54, 1.807) is 60.7 Å². The van der Waals surface area contributed by atoms with E-state index in [2.05, 4.69) is 0 Å². The molecule has 2 aliphatic rings. The van der Waals surface area contributed by atoms with Crippen molar-refractivity contribution in [3.63, 3.8) is 0 Å². The van der Waals surface area contributed by atoms with E-state index < -0.39 is 54.4 Å². The van der Waals surface area contributed by atoms with Gasteiger partial charge in [-0.25, -0.2) is 14.4 Å². The fraction of sp³-hybridized carbons (Fsp3) is 0.400. The van der Waals surface area contributed by atoms with Crippen LogP contribution in [0.25, 0.3) is 0 Å². The fourth-order valence-corrected chi connectivity index (χ4v) is 3.98. The summed E-state index contributed by atoms with van der Waals surface area (Å²) in [4.78, 5) is 37.9. The minimum absolute atomic E-state index is 0.0640. The molecule has 2 aromatic rings. The molecule has 0 bridgehead atoms. The first-order valence-electron chi connectivity index (χ1n) is 11.0. The van der Waals surface area contributed by atoms with E-state index in [-0.39, 0.29) is 6.61 Å². The van der Waals surface area contributed by atoms with Crippen molar-refractivity contribution in [1.82, 2.24) is 0 Å². The van der Waals surface area contributed by atoms with Crippen LogP contribution in [0.3, 0.4) is 0 Å². The highest BCUT2D eigenvalue weighted by atomic mass is 16.8. The molecular formula is C25H26O10. The lowest BCUT2D eigenvalue weighted by molar-refractivity contribution is -0.213. The van der Waals surface area contributed by atoms with Crippen LogP contribution in [0, 0.1) is 0 Å². The second-order valence-corrected chi connectivity index (χ2v) is 8.08. The molecule has 2 aliphatic heterocycles. The third kappa shape index (κ3) is 5.20. The Bertz CT molecular complexity index is 1040. The van der Waals surface area contributed by atoms with Gasteiger partial charge in [-0.15, -0.1) is 0 Å². The Labute approximate surface area is 202 Å². The average molecular weight is 486 g/mol. The van der Waals surface area contributed by atoms with Crippen LogP contribution < -0.4 is 0 Å². The molecule has 0 aromatic heterocycles. The second-order valence-electron chi connectivity index (χ2n) is 8.08. The van der Waals surface area contributed by atoms with Gasteiger partial charge in [0.05, 0.1) is 24.8 Å². The molecule has 35 heavy (non-hydrogen) atoms. The topological polar surface area (TPSA) is 116 Å². The molecule has 4 rings (SSSR count). The van der Waals surface area contributed by atoms with E-state index in [1.165, 1.54) is 21.1 Å². The predicted molar refractivity (Wildman–Crippen MR) is 118 cm³/mol. The highest BCUT2D eigenvalue weighted by Crippen LogP contribution is 2.36. The van der Waals surface area contributed by atoms with Gasteiger partial charge >= 0.3 is 17.9 Å². The number of hydrogen-bond acceptors (Lipinski definition) is 10. The van der Waals surface area contributed by atoms with Crippen molar-refractivity contribution in [3.8, 4) is 0 Å². The number of methoxy groups -OCH3 is 2. The molecule has 2 fully saturated rings. The van der Waals surface area contributed by atoms with Crippen LogP contribution in [0.1, 0.15) is 27.6 Å². The first-order valence-corrected chi connectivity index (χ1v) is 11.0. The third-order valence-corrected chi connectivity index (χ3v) is 5.77. The fourth-order valence-electron chi connectivity index (χ4n) is 3.98. The van der Waals surface area contributed by atoms with Gasteiger partial charge in [0.25, 0.3) is 5.79 Å². The summed E-state index contributed by atoms with van der Waals surface area (Å²) in [6.45, 7) is 1.35.